The van der Waals surface area contributed by atoms with E-state index >= 15 is 0 Å². The van der Waals surface area contributed by atoms with E-state index in [0.29, 0.717) is 31.1 Å². The van der Waals surface area contributed by atoms with Gasteiger partial charge in [0.05, 0.1) is 4.90 Å². The van der Waals surface area contributed by atoms with Crippen molar-refractivity contribution in [1.82, 2.24) is 9.29 Å². The van der Waals surface area contributed by atoms with Crippen LogP contribution < -0.4 is 4.90 Å². The first-order chi connectivity index (χ1) is 11.0. The van der Waals surface area contributed by atoms with Gasteiger partial charge in [-0.05, 0) is 37.1 Å². The average Bonchev–Trinajstić information content (AvgIpc) is 2.55. The van der Waals surface area contributed by atoms with Gasteiger partial charge < -0.3 is 4.90 Å². The monoisotopic (exact) mass is 331 g/mol. The summed E-state index contributed by atoms with van der Waals surface area (Å²) in [4.78, 5) is 6.91. The number of hydrogen-bond donors (Lipinski definition) is 0. The van der Waals surface area contributed by atoms with Crippen molar-refractivity contribution in [3.63, 3.8) is 0 Å². The molecule has 0 amide bonds. The molecule has 0 spiro atoms. The predicted molar refractivity (Wildman–Crippen MR) is 91.1 cm³/mol. The molecule has 0 bridgehead atoms. The quantitative estimate of drug-likeness (QED) is 0.865. The Balaban J connectivity index is 1.79. The van der Waals surface area contributed by atoms with E-state index in [1.54, 1.807) is 10.5 Å². The van der Waals surface area contributed by atoms with Gasteiger partial charge in [-0.15, -0.1) is 0 Å². The van der Waals surface area contributed by atoms with Gasteiger partial charge in [0.2, 0.25) is 10.0 Å². The average molecular weight is 331 g/mol. The fourth-order valence-electron chi connectivity index (χ4n) is 3.03. The summed E-state index contributed by atoms with van der Waals surface area (Å²) in [7, 11) is -3.44. The molecule has 3 rings (SSSR count). The van der Waals surface area contributed by atoms with Gasteiger partial charge in [0.15, 0.2) is 0 Å². The highest BCUT2D eigenvalue weighted by atomic mass is 32.2. The number of aryl methyl sites for hydroxylation is 2. The van der Waals surface area contributed by atoms with Gasteiger partial charge in [-0.25, -0.2) is 13.4 Å². The van der Waals surface area contributed by atoms with Crippen LogP contribution in [0.1, 0.15) is 11.1 Å². The molecule has 23 heavy (non-hydrogen) atoms. The van der Waals surface area contributed by atoms with Crippen molar-refractivity contribution in [2.75, 3.05) is 31.1 Å². The molecule has 1 aromatic heterocycles. The Labute approximate surface area is 137 Å². The van der Waals surface area contributed by atoms with E-state index in [1.165, 1.54) is 0 Å². The van der Waals surface area contributed by atoms with Gasteiger partial charge in [-0.1, -0.05) is 24.3 Å². The van der Waals surface area contributed by atoms with Crippen molar-refractivity contribution in [2.24, 2.45) is 0 Å². The van der Waals surface area contributed by atoms with Crippen LogP contribution in [0, 0.1) is 13.8 Å². The zero-order valence-corrected chi connectivity index (χ0v) is 14.3. The highest BCUT2D eigenvalue weighted by molar-refractivity contribution is 7.89. The summed E-state index contributed by atoms with van der Waals surface area (Å²) in [5.41, 5.74) is 1.61. The van der Waals surface area contributed by atoms with E-state index in [-0.39, 0.29) is 0 Å². The molecule has 1 saturated heterocycles. The lowest BCUT2D eigenvalue weighted by Gasteiger charge is -2.35. The van der Waals surface area contributed by atoms with Crippen LogP contribution in [0.3, 0.4) is 0 Å². The fraction of sp³-hybridized carbons (Fsp3) is 0.353. The van der Waals surface area contributed by atoms with E-state index in [1.807, 2.05) is 50.2 Å². The van der Waals surface area contributed by atoms with Crippen LogP contribution in [0.2, 0.25) is 0 Å². The van der Waals surface area contributed by atoms with Gasteiger partial charge in [-0.3, -0.25) is 0 Å². The fourth-order valence-corrected chi connectivity index (χ4v) is 4.89. The summed E-state index contributed by atoms with van der Waals surface area (Å²) in [6, 6.07) is 11.4. The Morgan fingerprint density at radius 1 is 0.913 bits per heavy atom. The molecule has 1 aliphatic rings. The Bertz CT molecular complexity index is 762. The Morgan fingerprint density at radius 2 is 1.57 bits per heavy atom. The maximum atomic E-state index is 13.0. The van der Waals surface area contributed by atoms with E-state index in [2.05, 4.69) is 9.88 Å². The van der Waals surface area contributed by atoms with E-state index in [9.17, 15) is 8.42 Å². The van der Waals surface area contributed by atoms with Crippen LogP contribution in [0.4, 0.5) is 5.82 Å². The summed E-state index contributed by atoms with van der Waals surface area (Å²) in [5, 5.41) is 0. The number of benzene rings is 1. The van der Waals surface area contributed by atoms with Crippen LogP contribution in [0.25, 0.3) is 0 Å². The molecule has 0 radical (unpaired) electrons. The third-order valence-electron chi connectivity index (χ3n) is 4.22. The smallest absolute Gasteiger partial charge is 0.243 e. The van der Waals surface area contributed by atoms with Crippen molar-refractivity contribution >= 4 is 15.8 Å². The summed E-state index contributed by atoms with van der Waals surface area (Å²) >= 11 is 0. The molecule has 122 valence electrons. The molecule has 0 unspecified atom stereocenters. The Hall–Kier alpha value is -1.92. The summed E-state index contributed by atoms with van der Waals surface area (Å²) < 4.78 is 27.5. The van der Waals surface area contributed by atoms with Gasteiger partial charge in [0.1, 0.15) is 5.82 Å². The van der Waals surface area contributed by atoms with Gasteiger partial charge in [0.25, 0.3) is 0 Å². The topological polar surface area (TPSA) is 53.5 Å². The number of hydrogen-bond acceptors (Lipinski definition) is 4. The molecule has 2 aromatic rings. The van der Waals surface area contributed by atoms with Crippen LogP contribution in [-0.2, 0) is 10.0 Å². The van der Waals surface area contributed by atoms with Crippen molar-refractivity contribution in [1.29, 1.82) is 0 Å². The molecule has 1 aliphatic heterocycles. The van der Waals surface area contributed by atoms with Gasteiger partial charge in [-0.2, -0.15) is 4.31 Å². The lowest BCUT2D eigenvalue weighted by Crippen LogP contribution is -2.49. The molecular formula is C17H21N3O2S. The van der Waals surface area contributed by atoms with Crippen molar-refractivity contribution in [3.05, 3.63) is 53.7 Å². The summed E-state index contributed by atoms with van der Waals surface area (Å²) in [6.07, 6.45) is 1.76. The minimum atomic E-state index is -3.44. The molecular weight excluding hydrogens is 310 g/mol. The minimum absolute atomic E-state index is 0.450. The first-order valence-corrected chi connectivity index (χ1v) is 9.16. The predicted octanol–water partition coefficient (Wildman–Crippen LogP) is 2.21. The van der Waals surface area contributed by atoms with Crippen LogP contribution in [-0.4, -0.2) is 43.9 Å². The van der Waals surface area contributed by atoms with Crippen molar-refractivity contribution in [2.45, 2.75) is 18.7 Å². The Morgan fingerprint density at radius 3 is 2.13 bits per heavy atom. The summed E-state index contributed by atoms with van der Waals surface area (Å²) in [5.74, 6) is 0.900. The molecule has 0 saturated carbocycles. The van der Waals surface area contributed by atoms with E-state index in [0.717, 1.165) is 16.9 Å². The standard InChI is InChI=1S/C17H21N3O2S/c1-14-6-5-7-15(2)17(14)23(21,22)20-12-10-19(11-13-20)16-8-3-4-9-18-16/h3-9H,10-13H2,1-2H3. The maximum Gasteiger partial charge on any atom is 0.243 e. The lowest BCUT2D eigenvalue weighted by atomic mass is 10.2. The molecule has 2 heterocycles. The van der Waals surface area contributed by atoms with E-state index in [4.69, 9.17) is 0 Å². The highest BCUT2D eigenvalue weighted by Crippen LogP contribution is 2.25. The molecule has 0 aliphatic carbocycles. The third-order valence-corrected chi connectivity index (χ3v) is 6.42. The second-order valence-corrected chi connectivity index (χ2v) is 7.67. The number of aromatic nitrogens is 1. The molecule has 1 aromatic carbocycles. The number of pyridine rings is 1. The Kier molecular flexibility index (Phi) is 4.37. The highest BCUT2D eigenvalue weighted by Gasteiger charge is 2.30. The van der Waals surface area contributed by atoms with Gasteiger partial charge >= 0.3 is 0 Å². The van der Waals surface area contributed by atoms with E-state index < -0.39 is 10.0 Å². The zero-order chi connectivity index (χ0) is 16.4. The lowest BCUT2D eigenvalue weighted by molar-refractivity contribution is 0.383. The first kappa shape index (κ1) is 16.0. The number of piperazine rings is 1. The number of nitrogens with zero attached hydrogens (tertiary/aromatic N) is 3. The molecule has 0 N–H and O–H groups in total. The zero-order valence-electron chi connectivity index (χ0n) is 13.4. The second kappa shape index (κ2) is 6.29. The largest absolute Gasteiger partial charge is 0.354 e. The first-order valence-electron chi connectivity index (χ1n) is 7.72. The van der Waals surface area contributed by atoms with Crippen LogP contribution in [0.15, 0.2) is 47.5 Å². The van der Waals surface area contributed by atoms with Crippen LogP contribution in [0.5, 0.6) is 0 Å². The SMILES string of the molecule is Cc1cccc(C)c1S(=O)(=O)N1CCN(c2ccccn2)CC1. The van der Waals surface area contributed by atoms with Crippen molar-refractivity contribution in [3.8, 4) is 0 Å². The molecule has 5 nitrogen and oxygen atoms in total. The van der Waals surface area contributed by atoms with Crippen LogP contribution >= 0.6 is 0 Å². The maximum absolute atomic E-state index is 13.0. The molecule has 0 atom stereocenters. The molecule has 6 heteroatoms. The normalized spacial score (nSPS) is 16.5. The van der Waals surface area contributed by atoms with Gasteiger partial charge in [0, 0.05) is 32.4 Å². The third kappa shape index (κ3) is 3.09. The minimum Gasteiger partial charge on any atom is -0.354 e. The molecule has 1 fully saturated rings. The summed E-state index contributed by atoms with van der Waals surface area (Å²) in [6.45, 7) is 5.97. The number of rotatable bonds is 3. The van der Waals surface area contributed by atoms with Crippen molar-refractivity contribution < 1.29 is 8.42 Å². The number of sulfonamides is 1. The second-order valence-electron chi connectivity index (χ2n) is 5.80. The number of anilines is 1.